The van der Waals surface area contributed by atoms with Gasteiger partial charge in [-0.2, -0.15) is 0 Å². The molecule has 3 atom stereocenters. The molecule has 2 rings (SSSR count). The average Bonchev–Trinajstić information content (AvgIpc) is 3.06. The van der Waals surface area contributed by atoms with Gasteiger partial charge >= 0.3 is 18.2 Å². The monoisotopic (exact) mass is 716 g/mol. The van der Waals surface area contributed by atoms with Gasteiger partial charge in [0.1, 0.15) is 23.5 Å². The summed E-state index contributed by atoms with van der Waals surface area (Å²) in [5, 5.41) is 18.9. The van der Waals surface area contributed by atoms with Gasteiger partial charge in [-0.1, -0.05) is 33.3 Å². The molecule has 0 saturated heterocycles. The second-order valence-corrected chi connectivity index (χ2v) is 12.6. The topological polar surface area (TPSA) is 211 Å². The molecule has 16 heteroatoms. The minimum Gasteiger partial charge on any atom is -0.493 e. The molecule has 0 spiro atoms. The molecule has 3 amide bonds. The highest BCUT2D eigenvalue weighted by Crippen LogP contribution is 2.32. The number of methoxy groups -OCH3 is 1. The maximum absolute atomic E-state index is 13.4. The van der Waals surface area contributed by atoms with Gasteiger partial charge < -0.3 is 39.6 Å². The number of carbonyl (C=O) groups is 5. The van der Waals surface area contributed by atoms with Crippen LogP contribution in [0.25, 0.3) is 0 Å². The van der Waals surface area contributed by atoms with Crippen LogP contribution >= 0.6 is 0 Å². The average molecular weight is 717 g/mol. The summed E-state index contributed by atoms with van der Waals surface area (Å²) in [7, 11) is 1.34. The Bertz CT molecular complexity index is 1510. The smallest absolute Gasteiger partial charge is 0.493 e. The number of nitrogens with one attached hydrogen (secondary N) is 3. The number of nitrogens with zero attached hydrogens (tertiary/aromatic N) is 1. The van der Waals surface area contributed by atoms with Crippen LogP contribution in [0.4, 0.5) is 15.3 Å². The van der Waals surface area contributed by atoms with Crippen LogP contribution < -0.4 is 30.2 Å². The third kappa shape index (κ3) is 14.9. The standard InChI is InChI=1S/C35H48N4O12/c1-8-11-29(40)37-21-28(50-34(44)48-25-16-14-24(15-17-25)39(45)46)23-13-18-26(27(20-23)47-7)49-32(42)31(22(3)9-2)38-30(41)12-10-19-36-33(43)51-35(4,5)6/h13-18,20,22,28,31H,8-12,19,21H2,1-7H3,(H,36,43)(H,37,40)(H,38,41)/t22-,28?,31-/m0/s1. The first-order valence-electron chi connectivity index (χ1n) is 16.6. The highest BCUT2D eigenvalue weighted by molar-refractivity contribution is 5.86. The van der Waals surface area contributed by atoms with Crippen molar-refractivity contribution in [3.8, 4) is 17.2 Å². The fraction of sp³-hybridized carbons (Fsp3) is 0.514. The zero-order chi connectivity index (χ0) is 38.1. The highest BCUT2D eigenvalue weighted by atomic mass is 16.7. The number of alkyl carbamates (subject to hydrolysis) is 1. The maximum Gasteiger partial charge on any atom is 0.514 e. The van der Waals surface area contributed by atoms with E-state index in [-0.39, 0.29) is 60.7 Å². The van der Waals surface area contributed by atoms with Crippen molar-refractivity contribution in [2.45, 2.75) is 91.4 Å². The number of hydrogen-bond acceptors (Lipinski definition) is 12. The summed E-state index contributed by atoms with van der Waals surface area (Å²) in [5.74, 6) is -1.58. The minimum atomic E-state index is -1.14. The number of esters is 1. The number of hydrogen-bond donors (Lipinski definition) is 3. The Morgan fingerprint density at radius 3 is 2.18 bits per heavy atom. The van der Waals surface area contributed by atoms with Crippen LogP contribution in [0.3, 0.4) is 0 Å². The van der Waals surface area contributed by atoms with Crippen LogP contribution in [0.2, 0.25) is 0 Å². The number of amides is 3. The third-order valence-corrected chi connectivity index (χ3v) is 7.25. The quantitative estimate of drug-likeness (QED) is 0.0435. The van der Waals surface area contributed by atoms with Crippen LogP contribution in [0.1, 0.15) is 85.3 Å². The first kappa shape index (κ1) is 41.8. The first-order chi connectivity index (χ1) is 24.1. The molecule has 280 valence electrons. The Hall–Kier alpha value is -5.41. The van der Waals surface area contributed by atoms with Crippen molar-refractivity contribution < 1.29 is 52.6 Å². The van der Waals surface area contributed by atoms with E-state index in [0.29, 0.717) is 24.8 Å². The van der Waals surface area contributed by atoms with Gasteiger partial charge in [-0.05, 0) is 69.4 Å². The van der Waals surface area contributed by atoms with E-state index in [4.69, 9.17) is 23.7 Å². The molecule has 0 aliphatic rings. The van der Waals surface area contributed by atoms with E-state index in [2.05, 4.69) is 16.0 Å². The lowest BCUT2D eigenvalue weighted by molar-refractivity contribution is -0.384. The molecule has 0 bridgehead atoms. The van der Waals surface area contributed by atoms with Gasteiger partial charge in [0.25, 0.3) is 5.69 Å². The van der Waals surface area contributed by atoms with E-state index >= 15 is 0 Å². The van der Waals surface area contributed by atoms with Crippen LogP contribution in [0, 0.1) is 16.0 Å². The van der Waals surface area contributed by atoms with E-state index in [1.54, 1.807) is 27.7 Å². The Labute approximate surface area is 297 Å². The minimum absolute atomic E-state index is 0.000344. The fourth-order valence-electron chi connectivity index (χ4n) is 4.43. The zero-order valence-electron chi connectivity index (χ0n) is 30.1. The summed E-state index contributed by atoms with van der Waals surface area (Å²) in [6, 6.07) is 8.22. The van der Waals surface area contributed by atoms with Gasteiger partial charge in [0.15, 0.2) is 11.5 Å². The van der Waals surface area contributed by atoms with Crippen molar-refractivity contribution in [3.63, 3.8) is 0 Å². The van der Waals surface area contributed by atoms with Gasteiger partial charge in [0.2, 0.25) is 11.8 Å². The van der Waals surface area contributed by atoms with E-state index < -0.39 is 46.8 Å². The number of nitro groups is 1. The molecule has 51 heavy (non-hydrogen) atoms. The molecule has 1 unspecified atom stereocenters. The molecule has 0 aliphatic heterocycles. The van der Waals surface area contributed by atoms with E-state index in [1.165, 1.54) is 49.6 Å². The lowest BCUT2D eigenvalue weighted by Gasteiger charge is -2.24. The molecule has 0 aromatic heterocycles. The van der Waals surface area contributed by atoms with Gasteiger partial charge in [-0.15, -0.1) is 0 Å². The Kier molecular flexibility index (Phi) is 16.6. The van der Waals surface area contributed by atoms with Crippen molar-refractivity contribution in [1.29, 1.82) is 0 Å². The van der Waals surface area contributed by atoms with Gasteiger partial charge in [0.05, 0.1) is 18.6 Å². The molecule has 2 aromatic rings. The van der Waals surface area contributed by atoms with Gasteiger partial charge in [0, 0.05) is 31.5 Å². The molecular formula is C35H48N4O12. The van der Waals surface area contributed by atoms with Crippen LogP contribution in [0.5, 0.6) is 17.2 Å². The third-order valence-electron chi connectivity index (χ3n) is 7.25. The first-order valence-corrected chi connectivity index (χ1v) is 16.6. The van der Waals surface area contributed by atoms with Crippen molar-refractivity contribution in [3.05, 3.63) is 58.1 Å². The summed E-state index contributed by atoms with van der Waals surface area (Å²) in [6.45, 7) is 10.8. The van der Waals surface area contributed by atoms with Gasteiger partial charge in [-0.25, -0.2) is 14.4 Å². The van der Waals surface area contributed by atoms with Gasteiger partial charge in [-0.3, -0.25) is 19.7 Å². The maximum atomic E-state index is 13.4. The van der Waals surface area contributed by atoms with Crippen molar-refractivity contribution in [2.24, 2.45) is 5.92 Å². The Morgan fingerprint density at radius 1 is 0.902 bits per heavy atom. The van der Waals surface area contributed by atoms with E-state index in [0.717, 1.165) is 0 Å². The number of nitro benzene ring substituents is 1. The number of benzene rings is 2. The zero-order valence-corrected chi connectivity index (χ0v) is 30.1. The van der Waals surface area contributed by atoms with Crippen LogP contribution in [-0.2, 0) is 23.9 Å². The number of rotatable bonds is 18. The summed E-state index contributed by atoms with van der Waals surface area (Å²) in [4.78, 5) is 73.2. The summed E-state index contributed by atoms with van der Waals surface area (Å²) < 4.78 is 27.0. The number of non-ortho nitro benzene ring substituents is 1. The fourth-order valence-corrected chi connectivity index (χ4v) is 4.43. The molecule has 0 radical (unpaired) electrons. The molecule has 0 heterocycles. The SMILES string of the molecule is CCCC(=O)NCC(OC(=O)Oc1ccc([N+](=O)[O-])cc1)c1ccc(OC(=O)[C@@H](NC(=O)CCCNC(=O)OC(C)(C)C)[C@@H](C)CC)c(OC)c1. The van der Waals surface area contributed by atoms with Crippen LogP contribution in [0.15, 0.2) is 42.5 Å². The Balaban J connectivity index is 2.16. The van der Waals surface area contributed by atoms with Crippen LogP contribution in [-0.4, -0.2) is 66.8 Å². The highest BCUT2D eigenvalue weighted by Gasteiger charge is 2.29. The van der Waals surface area contributed by atoms with Crippen molar-refractivity contribution in [1.82, 2.24) is 16.0 Å². The Morgan fingerprint density at radius 2 is 1.59 bits per heavy atom. The summed E-state index contributed by atoms with van der Waals surface area (Å²) in [6.07, 6.45) is -1.07. The number of ether oxygens (including phenoxy) is 5. The normalized spacial score (nSPS) is 12.7. The lowest BCUT2D eigenvalue weighted by Crippen LogP contribution is -2.47. The molecule has 2 aromatic carbocycles. The van der Waals surface area contributed by atoms with E-state index in [9.17, 15) is 34.1 Å². The van der Waals surface area contributed by atoms with Crippen molar-refractivity contribution in [2.75, 3.05) is 20.2 Å². The van der Waals surface area contributed by atoms with Crippen molar-refractivity contribution >= 4 is 35.7 Å². The molecule has 0 fully saturated rings. The second-order valence-electron chi connectivity index (χ2n) is 12.6. The lowest BCUT2D eigenvalue weighted by atomic mass is 9.99. The molecule has 0 saturated carbocycles. The predicted molar refractivity (Wildman–Crippen MR) is 184 cm³/mol. The predicted octanol–water partition coefficient (Wildman–Crippen LogP) is 5.52. The summed E-state index contributed by atoms with van der Waals surface area (Å²) >= 11 is 0. The molecular weight excluding hydrogens is 668 g/mol. The number of carbonyl (C=O) groups excluding carboxylic acids is 5. The second kappa shape index (κ2) is 20.3. The molecule has 0 aliphatic carbocycles. The molecule has 16 nitrogen and oxygen atoms in total. The summed E-state index contributed by atoms with van der Waals surface area (Å²) in [5.41, 5.74) is -0.485. The molecule has 3 N–H and O–H groups in total. The van der Waals surface area contributed by atoms with E-state index in [1.807, 2.05) is 13.8 Å². The largest absolute Gasteiger partial charge is 0.514 e.